The van der Waals surface area contributed by atoms with Crippen molar-refractivity contribution in [2.45, 2.75) is 62.6 Å². The molecule has 0 saturated heterocycles. The normalized spacial score (nSPS) is 19.6. The average molecular weight is 534 g/mol. The van der Waals surface area contributed by atoms with E-state index in [0.717, 1.165) is 35.7 Å². The molecule has 0 amide bonds. The highest BCUT2D eigenvalue weighted by Gasteiger charge is 2.35. The van der Waals surface area contributed by atoms with Gasteiger partial charge in [0, 0.05) is 31.0 Å². The van der Waals surface area contributed by atoms with Crippen LogP contribution in [0.5, 0.6) is 0 Å². The van der Waals surface area contributed by atoms with Crippen LogP contribution in [-0.4, -0.2) is 35.3 Å². The maximum atomic E-state index is 13.8. The lowest BCUT2D eigenvalue weighted by molar-refractivity contribution is 0.350. The zero-order chi connectivity index (χ0) is 24.4. The summed E-state index contributed by atoms with van der Waals surface area (Å²) in [5.74, 6) is 0.725. The van der Waals surface area contributed by atoms with Crippen LogP contribution in [0, 0.1) is 5.92 Å². The number of fused-ring (bicyclic) bond motifs is 1. The van der Waals surface area contributed by atoms with E-state index in [1.165, 1.54) is 37.8 Å². The fourth-order valence-electron chi connectivity index (χ4n) is 5.42. The molecule has 35 heavy (non-hydrogen) atoms. The number of hydrogen-bond acceptors (Lipinski definition) is 4. The van der Waals surface area contributed by atoms with Crippen molar-refractivity contribution in [3.05, 3.63) is 76.3 Å². The van der Waals surface area contributed by atoms with Gasteiger partial charge in [0.2, 0.25) is 10.0 Å². The lowest BCUT2D eigenvalue weighted by Crippen LogP contribution is -2.43. The predicted octanol–water partition coefficient (Wildman–Crippen LogP) is 6.27. The van der Waals surface area contributed by atoms with Gasteiger partial charge in [0.05, 0.1) is 33.5 Å². The molecule has 186 valence electrons. The number of nitrogens with zero attached hydrogens (tertiary/aromatic N) is 3. The van der Waals surface area contributed by atoms with Crippen LogP contribution in [-0.2, 0) is 23.1 Å². The summed E-state index contributed by atoms with van der Waals surface area (Å²) in [6.45, 7) is 1.35. The van der Waals surface area contributed by atoms with Gasteiger partial charge in [-0.25, -0.2) is 13.4 Å². The molecule has 2 heterocycles. The molecule has 1 saturated carbocycles. The van der Waals surface area contributed by atoms with Gasteiger partial charge in [-0.15, -0.1) is 0 Å². The SMILES string of the molecule is O=S(=O)(c1ccc(Cl)c(Cl)c1)N1Cc2ccccc2N(Cc2cnc[nH]2)[C@@H](CCC2CCCC2)C1. The summed E-state index contributed by atoms with van der Waals surface area (Å²) in [6.07, 6.45) is 10.7. The van der Waals surface area contributed by atoms with E-state index in [2.05, 4.69) is 20.9 Å². The standard InChI is InChI=1S/C26H30Cl2N4O2S/c27-24-12-11-23(13-25(24)28)35(33,34)31-15-20-7-3-4-8-26(20)32(16-21-14-29-18-30-21)22(17-31)10-9-19-5-1-2-6-19/h3-4,7-8,11-14,18-19,22H,1-2,5-6,9-10,15-17H2,(H,29,30)/t22-/m0/s1. The van der Waals surface area contributed by atoms with Crippen molar-refractivity contribution in [3.8, 4) is 0 Å². The average Bonchev–Trinajstić information content (AvgIpc) is 3.53. The van der Waals surface area contributed by atoms with Crippen LogP contribution in [0.15, 0.2) is 59.9 Å². The van der Waals surface area contributed by atoms with Crippen molar-refractivity contribution in [2.24, 2.45) is 5.92 Å². The summed E-state index contributed by atoms with van der Waals surface area (Å²) < 4.78 is 29.3. The van der Waals surface area contributed by atoms with Gasteiger partial charge in [-0.3, -0.25) is 0 Å². The van der Waals surface area contributed by atoms with Crippen molar-refractivity contribution >= 4 is 38.9 Å². The second-order valence-corrected chi connectivity index (χ2v) is 12.3. The number of nitrogens with one attached hydrogen (secondary N) is 1. The van der Waals surface area contributed by atoms with E-state index in [9.17, 15) is 8.42 Å². The molecule has 0 unspecified atom stereocenters. The Hall–Kier alpha value is -2.06. The van der Waals surface area contributed by atoms with Crippen LogP contribution in [0.25, 0.3) is 0 Å². The molecule has 1 fully saturated rings. The smallest absolute Gasteiger partial charge is 0.243 e. The minimum Gasteiger partial charge on any atom is -0.361 e. The summed E-state index contributed by atoms with van der Waals surface area (Å²) in [4.78, 5) is 9.95. The second-order valence-electron chi connectivity index (χ2n) is 9.59. The number of aromatic amines is 1. The number of anilines is 1. The van der Waals surface area contributed by atoms with Crippen molar-refractivity contribution in [1.82, 2.24) is 14.3 Å². The number of H-pyrrole nitrogens is 1. The zero-order valence-electron chi connectivity index (χ0n) is 19.5. The third kappa shape index (κ3) is 5.38. The highest BCUT2D eigenvalue weighted by Crippen LogP contribution is 2.36. The Morgan fingerprint density at radius 3 is 2.57 bits per heavy atom. The minimum atomic E-state index is -3.78. The first kappa shape index (κ1) is 24.6. The Balaban J connectivity index is 1.52. The number of aromatic nitrogens is 2. The van der Waals surface area contributed by atoms with Crippen LogP contribution < -0.4 is 4.90 Å². The summed E-state index contributed by atoms with van der Waals surface area (Å²) in [7, 11) is -3.78. The Morgan fingerprint density at radius 1 is 1.03 bits per heavy atom. The first-order valence-electron chi connectivity index (χ1n) is 12.2. The topological polar surface area (TPSA) is 69.3 Å². The van der Waals surface area contributed by atoms with Gasteiger partial charge >= 0.3 is 0 Å². The molecular weight excluding hydrogens is 503 g/mol. The van der Waals surface area contributed by atoms with E-state index in [1.807, 2.05) is 24.4 Å². The Bertz CT molecular complexity index is 1260. The van der Waals surface area contributed by atoms with E-state index in [1.54, 1.807) is 16.7 Å². The van der Waals surface area contributed by atoms with Crippen molar-refractivity contribution < 1.29 is 8.42 Å². The monoisotopic (exact) mass is 532 g/mol. The molecule has 3 aromatic rings. The van der Waals surface area contributed by atoms with E-state index >= 15 is 0 Å². The summed E-state index contributed by atoms with van der Waals surface area (Å²) in [5, 5.41) is 0.577. The number of sulfonamides is 1. The van der Waals surface area contributed by atoms with Crippen molar-refractivity contribution in [3.63, 3.8) is 0 Å². The zero-order valence-corrected chi connectivity index (χ0v) is 21.9. The molecule has 1 N–H and O–H groups in total. The molecular formula is C26H30Cl2N4O2S. The fraction of sp³-hybridized carbons (Fsp3) is 0.423. The number of para-hydroxylation sites is 1. The maximum absolute atomic E-state index is 13.8. The van der Waals surface area contributed by atoms with Crippen LogP contribution in [0.4, 0.5) is 5.69 Å². The van der Waals surface area contributed by atoms with Crippen molar-refractivity contribution in [2.75, 3.05) is 11.4 Å². The van der Waals surface area contributed by atoms with E-state index in [4.69, 9.17) is 23.2 Å². The van der Waals surface area contributed by atoms with Crippen LogP contribution in [0.3, 0.4) is 0 Å². The van der Waals surface area contributed by atoms with Gasteiger partial charge in [0.25, 0.3) is 0 Å². The number of imidazole rings is 1. The molecule has 2 aromatic carbocycles. The lowest BCUT2D eigenvalue weighted by atomic mass is 9.97. The molecule has 0 spiro atoms. The fourth-order valence-corrected chi connectivity index (χ4v) is 7.27. The van der Waals surface area contributed by atoms with Gasteiger partial charge in [-0.1, -0.05) is 67.1 Å². The second kappa shape index (κ2) is 10.5. The molecule has 1 aromatic heterocycles. The highest BCUT2D eigenvalue weighted by molar-refractivity contribution is 7.89. The highest BCUT2D eigenvalue weighted by atomic mass is 35.5. The third-order valence-corrected chi connectivity index (χ3v) is 9.86. The summed E-state index contributed by atoms with van der Waals surface area (Å²) in [5.41, 5.74) is 3.07. The van der Waals surface area contributed by atoms with E-state index < -0.39 is 10.0 Å². The lowest BCUT2D eigenvalue weighted by Gasteiger charge is -2.34. The molecule has 1 aliphatic carbocycles. The molecule has 5 rings (SSSR count). The molecule has 6 nitrogen and oxygen atoms in total. The molecule has 1 aliphatic heterocycles. The van der Waals surface area contributed by atoms with Crippen LogP contribution in [0.1, 0.15) is 49.8 Å². The molecule has 0 radical (unpaired) electrons. The van der Waals surface area contributed by atoms with E-state index in [-0.39, 0.29) is 16.0 Å². The molecule has 1 atom stereocenters. The third-order valence-electron chi connectivity index (χ3n) is 7.31. The van der Waals surface area contributed by atoms with Gasteiger partial charge in [-0.2, -0.15) is 4.31 Å². The van der Waals surface area contributed by atoms with E-state index in [0.29, 0.717) is 24.7 Å². The summed E-state index contributed by atoms with van der Waals surface area (Å²) in [6, 6.07) is 12.7. The number of halogens is 2. The Kier molecular flexibility index (Phi) is 7.39. The number of rotatable bonds is 7. The quantitative estimate of drug-likeness (QED) is 0.389. The first-order valence-corrected chi connectivity index (χ1v) is 14.4. The summed E-state index contributed by atoms with van der Waals surface area (Å²) >= 11 is 12.3. The molecule has 2 aliphatic rings. The van der Waals surface area contributed by atoms with Crippen molar-refractivity contribution in [1.29, 1.82) is 0 Å². The number of benzene rings is 2. The number of hydrogen-bond donors (Lipinski definition) is 1. The van der Waals surface area contributed by atoms with Gasteiger partial charge < -0.3 is 9.88 Å². The Morgan fingerprint density at radius 2 is 1.83 bits per heavy atom. The molecule has 0 bridgehead atoms. The Labute approximate surface area is 217 Å². The van der Waals surface area contributed by atoms with Gasteiger partial charge in [-0.05, 0) is 48.6 Å². The minimum absolute atomic E-state index is 0.0279. The van der Waals surface area contributed by atoms with Gasteiger partial charge in [0.15, 0.2) is 0 Å². The predicted molar refractivity (Wildman–Crippen MR) is 140 cm³/mol. The first-order chi connectivity index (χ1) is 16.9. The molecule has 9 heteroatoms. The van der Waals surface area contributed by atoms with Crippen LogP contribution in [0.2, 0.25) is 10.0 Å². The maximum Gasteiger partial charge on any atom is 0.243 e. The largest absolute Gasteiger partial charge is 0.361 e. The van der Waals surface area contributed by atoms with Gasteiger partial charge in [0.1, 0.15) is 0 Å². The van der Waals surface area contributed by atoms with Crippen LogP contribution >= 0.6 is 23.2 Å².